The van der Waals surface area contributed by atoms with Crippen molar-refractivity contribution in [1.82, 2.24) is 0 Å². The standard InChI is InChI=1S/C27H25NO3S.C27H27NO3S.C23H25NO3S.C19H19NO5S/c29-26(21-15-17-24(18-16-21)32-23-13-5-2-6-14-23)25(19-20-9-7-8-10-20)28-31-27(30)22-11-3-1-4-12-22;1-2-3-4-11-16-25(28-31-27(30)22-12-7-5-8-13-22)26(29)21-17-19-24(20-18-21)32-23-14-9-6-10-15-23;1-17(25)27-24-22(16-18-8-4-2-5-9-18)23(26)19-12-14-21(15-13-19)28-20-10-6-3-7-11-20;1-13(20-25-14(2)22)19(23)15-3-7-17(8-4-15)26-18-9-5-16(6-10-18)24-12-11-21/h1-6,11-18,20H,7-10,19H2;5-10,12-15,17-20H,2-4,11,16H2,1H3;3,6-7,10-15,18H,2,4-5,8-9,16H2,1H3;3-10,21H,11-12H2,1-2H3/b2*28-25-;24-22-;20-13-. The number of carbonyl (C=O) groups excluding carboxylic acids is 8. The van der Waals surface area contributed by atoms with Crippen molar-refractivity contribution < 1.29 is 67.6 Å². The summed E-state index contributed by atoms with van der Waals surface area (Å²) in [6, 6.07) is 84.7. The molecule has 10 aromatic carbocycles. The van der Waals surface area contributed by atoms with Gasteiger partial charge in [-0.05, 0) is 226 Å². The summed E-state index contributed by atoms with van der Waals surface area (Å²) >= 11 is 6.48. The minimum absolute atomic E-state index is 0.0212. The van der Waals surface area contributed by atoms with Crippen LogP contribution in [0.4, 0.5) is 0 Å². The first-order valence-corrected chi connectivity index (χ1v) is 42.7. The molecule has 0 amide bonds. The van der Waals surface area contributed by atoms with Crippen molar-refractivity contribution in [2.45, 2.75) is 170 Å². The fraction of sp³-hybridized carbons (Fsp3) is 0.250. The molecule has 2 aliphatic rings. The van der Waals surface area contributed by atoms with E-state index in [1.54, 1.807) is 120 Å². The van der Waals surface area contributed by atoms with Gasteiger partial charge in [0.1, 0.15) is 35.2 Å². The van der Waals surface area contributed by atoms with Gasteiger partial charge in [0.15, 0.2) is 0 Å². The van der Waals surface area contributed by atoms with E-state index in [2.05, 4.69) is 56.6 Å². The lowest BCUT2D eigenvalue weighted by Crippen LogP contribution is -2.21. The Morgan fingerprint density at radius 1 is 0.331 bits per heavy atom. The molecule has 2 fully saturated rings. The summed E-state index contributed by atoms with van der Waals surface area (Å²) in [6.45, 7) is 6.39. The zero-order chi connectivity index (χ0) is 83.5. The van der Waals surface area contributed by atoms with E-state index >= 15 is 0 Å². The van der Waals surface area contributed by atoms with Crippen LogP contribution in [-0.2, 0) is 28.9 Å². The number of oxime groups is 4. The molecule has 0 atom stereocenters. The van der Waals surface area contributed by atoms with E-state index < -0.39 is 23.9 Å². The Morgan fingerprint density at radius 2 is 0.636 bits per heavy atom. The second-order valence-corrected chi connectivity index (χ2v) is 32.2. The Balaban J connectivity index is 0.000000180. The highest BCUT2D eigenvalue weighted by molar-refractivity contribution is 8.00. The SMILES string of the molecule is CC(=O)O/N=C(/C)C(=O)c1ccc(Sc2ccc(OCCO)cc2)cc1.CC(=O)O/N=C(/CC1CCCCC1)C(=O)c1ccc(Sc2ccccc2)cc1.CCCCCC/C(=N/OC(=O)c1ccccc1)C(=O)c1ccc(Sc2ccccc2)cc1.O=C(O/N=C(/CC1CCCC1)C(=O)c1ccc(Sc2ccccc2)cc1)c1ccccc1. The molecule has 0 radical (unpaired) electrons. The second kappa shape index (κ2) is 50.3. The van der Waals surface area contributed by atoms with Crippen molar-refractivity contribution in [2.24, 2.45) is 32.5 Å². The maximum Gasteiger partial charge on any atom is 0.365 e. The minimum atomic E-state index is -0.573. The summed E-state index contributed by atoms with van der Waals surface area (Å²) < 4.78 is 5.32. The molecule has 0 heterocycles. The molecule has 18 nitrogen and oxygen atoms in total. The van der Waals surface area contributed by atoms with Gasteiger partial charge in [0.05, 0.1) is 17.7 Å². The molecule has 2 saturated carbocycles. The normalized spacial score (nSPS) is 13.0. The Labute approximate surface area is 707 Å². The van der Waals surface area contributed by atoms with Crippen molar-refractivity contribution in [3.8, 4) is 5.75 Å². The van der Waals surface area contributed by atoms with Crippen LogP contribution in [0.2, 0.25) is 0 Å². The lowest BCUT2D eigenvalue weighted by molar-refractivity contribution is -0.141. The Morgan fingerprint density at radius 3 is 0.992 bits per heavy atom. The number of nitrogens with zero attached hydrogens (tertiary/aromatic N) is 4. The van der Waals surface area contributed by atoms with Crippen molar-refractivity contribution in [1.29, 1.82) is 0 Å². The van der Waals surface area contributed by atoms with Crippen LogP contribution in [0, 0.1) is 11.8 Å². The van der Waals surface area contributed by atoms with E-state index in [-0.39, 0.29) is 47.8 Å². The van der Waals surface area contributed by atoms with Gasteiger partial charge in [-0.1, -0.05) is 243 Å². The molecule has 0 bridgehead atoms. The number of rotatable bonds is 34. The van der Waals surface area contributed by atoms with Crippen LogP contribution in [0.25, 0.3) is 0 Å². The van der Waals surface area contributed by atoms with E-state index in [4.69, 9.17) is 24.4 Å². The second-order valence-electron chi connectivity index (χ2n) is 27.6. The van der Waals surface area contributed by atoms with Crippen molar-refractivity contribution in [3.63, 3.8) is 0 Å². The van der Waals surface area contributed by atoms with Gasteiger partial charge in [-0.25, -0.2) is 19.2 Å². The number of ketones is 4. The van der Waals surface area contributed by atoms with Gasteiger partial charge in [0, 0.05) is 75.3 Å². The average molecular weight is 1660 g/mol. The fourth-order valence-electron chi connectivity index (χ4n) is 12.3. The molecule has 1 N–H and O–H groups in total. The van der Waals surface area contributed by atoms with E-state index in [1.165, 1.54) is 52.9 Å². The van der Waals surface area contributed by atoms with Gasteiger partial charge in [-0.2, -0.15) is 0 Å². The summed E-state index contributed by atoms with van der Waals surface area (Å²) in [5.41, 5.74) is 3.96. The van der Waals surface area contributed by atoms with Crippen LogP contribution in [0.3, 0.4) is 0 Å². The third-order valence-corrected chi connectivity index (χ3v) is 22.5. The van der Waals surface area contributed by atoms with Crippen LogP contribution in [0.15, 0.2) is 333 Å². The Bertz CT molecular complexity index is 4970. The highest BCUT2D eigenvalue weighted by Crippen LogP contribution is 2.34. The number of unbranched alkanes of at least 4 members (excludes halogenated alkanes) is 3. The first-order chi connectivity index (χ1) is 57.5. The van der Waals surface area contributed by atoms with Gasteiger partial charge >= 0.3 is 23.9 Å². The summed E-state index contributed by atoms with van der Waals surface area (Å²) in [4.78, 5) is 126. The first kappa shape index (κ1) is 90.5. The number of aliphatic hydroxyl groups excluding tert-OH is 1. The number of hydrogen-bond acceptors (Lipinski definition) is 22. The number of ether oxygens (including phenoxy) is 1. The zero-order valence-electron chi connectivity index (χ0n) is 66.5. The summed E-state index contributed by atoms with van der Waals surface area (Å²) in [6.07, 6.45) is 15.9. The van der Waals surface area contributed by atoms with E-state index in [0.29, 0.717) is 81.7 Å². The van der Waals surface area contributed by atoms with Crippen LogP contribution in [-0.4, -0.2) is 88.2 Å². The molecule has 0 aliphatic heterocycles. The molecule has 118 heavy (non-hydrogen) atoms. The lowest BCUT2D eigenvalue weighted by Gasteiger charge is -2.21. The molecule has 0 saturated heterocycles. The Hall–Kier alpha value is -11.4. The van der Waals surface area contributed by atoms with E-state index in [1.807, 2.05) is 176 Å². The highest BCUT2D eigenvalue weighted by atomic mass is 32.2. The Kier molecular flexibility index (Phi) is 38.6. The smallest absolute Gasteiger partial charge is 0.365 e. The maximum absolute atomic E-state index is 13.2. The molecule has 10 aromatic rings. The average Bonchev–Trinajstić information content (AvgIpc) is 0.885. The number of benzene rings is 10. The quantitative estimate of drug-likeness (QED) is 0.0129. The lowest BCUT2D eigenvalue weighted by atomic mass is 9.84. The molecule has 608 valence electrons. The molecule has 12 rings (SSSR count). The van der Waals surface area contributed by atoms with Gasteiger partial charge < -0.3 is 29.2 Å². The predicted octanol–water partition coefficient (Wildman–Crippen LogP) is 23.3. The van der Waals surface area contributed by atoms with Crippen LogP contribution >= 0.6 is 47.0 Å². The fourth-order valence-corrected chi connectivity index (χ4v) is 15.7. The predicted molar refractivity (Wildman–Crippen MR) is 467 cm³/mol. The minimum Gasteiger partial charge on any atom is -0.491 e. The molecular formula is C96H96N4O14S4. The van der Waals surface area contributed by atoms with Crippen molar-refractivity contribution in [2.75, 3.05) is 13.2 Å². The molecule has 0 spiro atoms. The summed E-state index contributed by atoms with van der Waals surface area (Å²) in [5, 5.41) is 24.2. The van der Waals surface area contributed by atoms with Crippen molar-refractivity contribution in [3.05, 3.63) is 306 Å². The number of Topliss-reactive ketones (excluding diaryl/α,β-unsaturated/α-hetero) is 4. The van der Waals surface area contributed by atoms with Crippen LogP contribution < -0.4 is 4.74 Å². The molecular weight excluding hydrogens is 1560 g/mol. The first-order valence-electron chi connectivity index (χ1n) is 39.4. The molecule has 22 heteroatoms. The highest BCUT2D eigenvalue weighted by Gasteiger charge is 2.26. The summed E-state index contributed by atoms with van der Waals surface area (Å²) in [5.74, 6) is -1.53. The van der Waals surface area contributed by atoms with Gasteiger partial charge in [0.25, 0.3) is 0 Å². The molecule has 2 aliphatic carbocycles. The molecule has 0 aromatic heterocycles. The van der Waals surface area contributed by atoms with Gasteiger partial charge in [-0.3, -0.25) is 19.2 Å². The van der Waals surface area contributed by atoms with Gasteiger partial charge in [-0.15, -0.1) is 0 Å². The monoisotopic (exact) mass is 1660 g/mol. The summed E-state index contributed by atoms with van der Waals surface area (Å²) in [7, 11) is 0. The van der Waals surface area contributed by atoms with Crippen molar-refractivity contribution >= 4 is 117 Å². The zero-order valence-corrected chi connectivity index (χ0v) is 69.8. The van der Waals surface area contributed by atoms with E-state index in [9.17, 15) is 38.4 Å². The number of aliphatic hydroxyl groups is 1. The van der Waals surface area contributed by atoms with Gasteiger partial charge in [0.2, 0.25) is 23.1 Å². The van der Waals surface area contributed by atoms with Crippen LogP contribution in [0.5, 0.6) is 5.75 Å². The third-order valence-electron chi connectivity index (χ3n) is 18.5. The number of hydrogen-bond donors (Lipinski definition) is 1. The topological polar surface area (TPSA) is 252 Å². The van der Waals surface area contributed by atoms with E-state index in [0.717, 1.165) is 90.5 Å². The molecule has 0 unspecified atom stereocenters. The largest absolute Gasteiger partial charge is 0.491 e. The third kappa shape index (κ3) is 31.9. The number of carbonyl (C=O) groups is 8. The van der Waals surface area contributed by atoms with Crippen LogP contribution in [0.1, 0.15) is 193 Å². The maximum atomic E-state index is 13.2.